The molecule has 2 aromatic rings. The molecule has 0 saturated carbocycles. The fourth-order valence-corrected chi connectivity index (χ4v) is 4.17. The molecule has 0 spiro atoms. The van der Waals surface area contributed by atoms with E-state index in [1.54, 1.807) is 0 Å². The van der Waals surface area contributed by atoms with Crippen molar-refractivity contribution in [3.8, 4) is 0 Å². The second-order valence-corrected chi connectivity index (χ2v) is 7.91. The summed E-state index contributed by atoms with van der Waals surface area (Å²) in [5, 5.41) is 12.1. The van der Waals surface area contributed by atoms with Crippen LogP contribution >= 0.6 is 0 Å². The van der Waals surface area contributed by atoms with Crippen molar-refractivity contribution in [3.05, 3.63) is 71.3 Å². The first-order chi connectivity index (χ1) is 13.1. The van der Waals surface area contributed by atoms with Crippen molar-refractivity contribution < 1.29 is 9.84 Å². The fourth-order valence-electron chi connectivity index (χ4n) is 4.17. The molecule has 3 rings (SSSR count). The van der Waals surface area contributed by atoms with E-state index in [-0.39, 0.29) is 11.8 Å². The maximum Gasteiger partial charge on any atom is 0.0999 e. The Bertz CT molecular complexity index is 692. The van der Waals surface area contributed by atoms with Gasteiger partial charge in [-0.1, -0.05) is 75.4 Å². The van der Waals surface area contributed by atoms with Gasteiger partial charge in [-0.3, -0.25) is 4.90 Å². The van der Waals surface area contributed by atoms with E-state index in [9.17, 15) is 5.11 Å². The van der Waals surface area contributed by atoms with Crippen LogP contribution in [0, 0.1) is 5.92 Å². The van der Waals surface area contributed by atoms with E-state index in [4.69, 9.17) is 4.74 Å². The molecule has 3 nitrogen and oxygen atoms in total. The molecule has 2 aromatic carbocycles. The first-order valence-electron chi connectivity index (χ1n) is 10.2. The van der Waals surface area contributed by atoms with E-state index in [0.29, 0.717) is 0 Å². The van der Waals surface area contributed by atoms with Crippen LogP contribution in [0.15, 0.2) is 54.6 Å². The number of rotatable bonds is 7. The lowest BCUT2D eigenvalue weighted by molar-refractivity contribution is -0.0547. The molecular formula is C24H33NO2. The monoisotopic (exact) mass is 367 g/mol. The molecule has 1 aliphatic heterocycles. The molecule has 0 amide bonds. The molecule has 1 fully saturated rings. The van der Waals surface area contributed by atoms with Crippen LogP contribution in [0.1, 0.15) is 43.4 Å². The highest BCUT2D eigenvalue weighted by atomic mass is 16.5. The predicted molar refractivity (Wildman–Crippen MR) is 111 cm³/mol. The van der Waals surface area contributed by atoms with Crippen LogP contribution in [-0.2, 0) is 16.8 Å². The minimum Gasteiger partial charge on any atom is -0.384 e. The maximum absolute atomic E-state index is 12.1. The van der Waals surface area contributed by atoms with Gasteiger partial charge in [0.2, 0.25) is 0 Å². The highest BCUT2D eigenvalue weighted by Crippen LogP contribution is 2.43. The van der Waals surface area contributed by atoms with Crippen molar-refractivity contribution in [1.29, 1.82) is 0 Å². The summed E-state index contributed by atoms with van der Waals surface area (Å²) in [6, 6.07) is 19.0. The Hall–Kier alpha value is -1.68. The average Bonchev–Trinajstić information content (AvgIpc) is 2.73. The third-order valence-corrected chi connectivity index (χ3v) is 5.98. The van der Waals surface area contributed by atoms with Gasteiger partial charge in [-0.2, -0.15) is 0 Å². The van der Waals surface area contributed by atoms with Gasteiger partial charge in [0.15, 0.2) is 0 Å². The summed E-state index contributed by atoms with van der Waals surface area (Å²) in [4.78, 5) is 2.43. The Morgan fingerprint density at radius 3 is 2.19 bits per heavy atom. The topological polar surface area (TPSA) is 32.7 Å². The maximum atomic E-state index is 12.1. The van der Waals surface area contributed by atoms with E-state index < -0.39 is 5.60 Å². The largest absolute Gasteiger partial charge is 0.384 e. The number of nitrogens with zero attached hydrogens (tertiary/aromatic N) is 1. The first-order valence-corrected chi connectivity index (χ1v) is 10.2. The molecular weight excluding hydrogens is 334 g/mol. The van der Waals surface area contributed by atoms with Crippen molar-refractivity contribution in [3.63, 3.8) is 0 Å². The molecule has 3 heteroatoms. The van der Waals surface area contributed by atoms with E-state index in [1.165, 1.54) is 11.1 Å². The lowest BCUT2D eigenvalue weighted by atomic mass is 9.70. The van der Waals surface area contributed by atoms with Crippen LogP contribution in [0.4, 0.5) is 0 Å². The van der Waals surface area contributed by atoms with Crippen LogP contribution < -0.4 is 0 Å². The number of benzene rings is 2. The van der Waals surface area contributed by atoms with Crippen molar-refractivity contribution in [2.75, 3.05) is 32.8 Å². The second-order valence-electron chi connectivity index (χ2n) is 7.91. The number of hydrogen-bond acceptors (Lipinski definition) is 3. The molecule has 1 saturated heterocycles. The Labute approximate surface area is 164 Å². The highest BCUT2D eigenvalue weighted by Gasteiger charge is 2.43. The van der Waals surface area contributed by atoms with Crippen molar-refractivity contribution in [2.24, 2.45) is 5.92 Å². The number of aryl methyl sites for hydroxylation is 1. The van der Waals surface area contributed by atoms with Crippen LogP contribution in [0.25, 0.3) is 0 Å². The molecule has 1 aliphatic rings. The summed E-state index contributed by atoms with van der Waals surface area (Å²) in [5.41, 5.74) is 2.58. The second kappa shape index (κ2) is 9.01. The van der Waals surface area contributed by atoms with Gasteiger partial charge in [-0.05, 0) is 29.0 Å². The van der Waals surface area contributed by atoms with Crippen LogP contribution in [0.2, 0.25) is 0 Å². The molecule has 0 radical (unpaired) electrons. The molecule has 146 valence electrons. The molecule has 27 heavy (non-hydrogen) atoms. The van der Waals surface area contributed by atoms with E-state index >= 15 is 0 Å². The average molecular weight is 368 g/mol. The van der Waals surface area contributed by atoms with Gasteiger partial charge >= 0.3 is 0 Å². The predicted octanol–water partition coefficient (Wildman–Crippen LogP) is 4.21. The van der Waals surface area contributed by atoms with Gasteiger partial charge < -0.3 is 9.84 Å². The molecule has 1 heterocycles. The molecule has 0 bridgehead atoms. The quantitative estimate of drug-likeness (QED) is 0.796. The summed E-state index contributed by atoms with van der Waals surface area (Å²) >= 11 is 0. The summed E-state index contributed by atoms with van der Waals surface area (Å²) < 4.78 is 5.53. The molecule has 0 aliphatic carbocycles. The Morgan fingerprint density at radius 2 is 1.63 bits per heavy atom. The lowest BCUT2D eigenvalue weighted by Crippen LogP contribution is -2.47. The van der Waals surface area contributed by atoms with Crippen molar-refractivity contribution in [1.82, 2.24) is 4.90 Å². The van der Waals surface area contributed by atoms with Crippen LogP contribution in [0.5, 0.6) is 0 Å². The van der Waals surface area contributed by atoms with E-state index in [2.05, 4.69) is 74.2 Å². The van der Waals surface area contributed by atoms with Crippen molar-refractivity contribution >= 4 is 0 Å². The van der Waals surface area contributed by atoms with Gasteiger partial charge in [-0.15, -0.1) is 0 Å². The fraction of sp³-hybridized carbons (Fsp3) is 0.500. The van der Waals surface area contributed by atoms with E-state index in [1.807, 2.05) is 6.07 Å². The standard InChI is InChI=1S/C24H33NO2/c1-4-20-10-12-22(13-11-20)24(26,19(2)3)23(21-8-6-5-7-9-21)18-25-14-16-27-17-15-25/h5-13,19,23,26H,4,14-18H2,1-3H3/t23-,24-/m1/s1. The van der Waals surface area contributed by atoms with Gasteiger partial charge in [0, 0.05) is 25.6 Å². The van der Waals surface area contributed by atoms with Crippen LogP contribution in [-0.4, -0.2) is 42.9 Å². The summed E-state index contributed by atoms with van der Waals surface area (Å²) in [5.74, 6) is 0.0977. The smallest absolute Gasteiger partial charge is 0.0999 e. The first kappa shape index (κ1) is 20.1. The molecule has 0 aromatic heterocycles. The summed E-state index contributed by atoms with van der Waals surface area (Å²) in [6.45, 7) is 10.6. The normalized spacial score (nSPS) is 19.0. The Morgan fingerprint density at radius 1 is 1.00 bits per heavy atom. The Kier molecular flexibility index (Phi) is 6.69. The number of hydrogen-bond donors (Lipinski definition) is 1. The van der Waals surface area contributed by atoms with Gasteiger partial charge in [0.25, 0.3) is 0 Å². The minimum absolute atomic E-state index is 0.00396. The van der Waals surface area contributed by atoms with Gasteiger partial charge in [0.1, 0.15) is 0 Å². The molecule has 2 atom stereocenters. The molecule has 1 N–H and O–H groups in total. The summed E-state index contributed by atoms with van der Waals surface area (Å²) in [7, 11) is 0. The lowest BCUT2D eigenvalue weighted by Gasteiger charge is -2.43. The Balaban J connectivity index is 2.01. The number of aliphatic hydroxyl groups is 1. The minimum atomic E-state index is -0.925. The zero-order valence-electron chi connectivity index (χ0n) is 16.9. The number of ether oxygens (including phenoxy) is 1. The highest BCUT2D eigenvalue weighted by molar-refractivity contribution is 5.34. The molecule has 0 unspecified atom stereocenters. The van der Waals surface area contributed by atoms with Crippen LogP contribution in [0.3, 0.4) is 0 Å². The van der Waals surface area contributed by atoms with E-state index in [0.717, 1.165) is 44.8 Å². The SMILES string of the molecule is CCc1ccc([C@](O)(C(C)C)[C@H](CN2CCOCC2)c2ccccc2)cc1. The summed E-state index contributed by atoms with van der Waals surface area (Å²) in [6.07, 6.45) is 1.01. The van der Waals surface area contributed by atoms with Crippen molar-refractivity contribution in [2.45, 2.75) is 38.7 Å². The third-order valence-electron chi connectivity index (χ3n) is 5.98. The third kappa shape index (κ3) is 4.43. The van der Waals surface area contributed by atoms with Gasteiger partial charge in [-0.25, -0.2) is 0 Å². The van der Waals surface area contributed by atoms with Gasteiger partial charge in [0.05, 0.1) is 18.8 Å². The zero-order valence-corrected chi connectivity index (χ0v) is 16.9. The number of morpholine rings is 1. The zero-order chi connectivity index (χ0) is 19.3.